The Bertz CT molecular complexity index is 1550. The van der Waals surface area contributed by atoms with Crippen molar-refractivity contribution in [3.05, 3.63) is 119 Å². The number of halogens is 2. The van der Waals surface area contributed by atoms with E-state index in [0.29, 0.717) is 5.69 Å². The average Bonchev–Trinajstić information content (AvgIpc) is 3.33. The van der Waals surface area contributed by atoms with E-state index < -0.39 is 17.3 Å². The second-order valence-corrected chi connectivity index (χ2v) is 9.42. The van der Waals surface area contributed by atoms with Crippen molar-refractivity contribution in [1.29, 1.82) is 0 Å². The topological polar surface area (TPSA) is 43.6 Å². The molecule has 0 amide bonds. The number of rotatable bonds is 5. The quantitative estimate of drug-likeness (QED) is 0.250. The second kappa shape index (κ2) is 9.11. The van der Waals surface area contributed by atoms with Crippen molar-refractivity contribution in [2.75, 3.05) is 0 Å². The number of pyridine rings is 3. The smallest absolute Gasteiger partial charge is 0.224 e. The third kappa shape index (κ3) is 4.19. The third-order valence-corrected chi connectivity index (χ3v) is 6.59. The maximum Gasteiger partial charge on any atom is 0.224 e. The van der Waals surface area contributed by atoms with Crippen LogP contribution in [0.1, 0.15) is 36.4 Å². The largest absolute Gasteiger partial charge is 0.301 e. The maximum atomic E-state index is 14.3. The van der Waals surface area contributed by atoms with Crippen molar-refractivity contribution < 1.29 is 8.78 Å². The van der Waals surface area contributed by atoms with Gasteiger partial charge in [0, 0.05) is 17.2 Å². The van der Waals surface area contributed by atoms with Gasteiger partial charge >= 0.3 is 0 Å². The normalized spacial score (nSPS) is 11.6. The van der Waals surface area contributed by atoms with Gasteiger partial charge < -0.3 is 4.57 Å². The Morgan fingerprint density at radius 1 is 0.694 bits per heavy atom. The molecule has 5 aromatic rings. The fraction of sp³-hybridized carbons (Fsp3) is 0.167. The molecule has 6 heteroatoms. The van der Waals surface area contributed by atoms with Crippen molar-refractivity contribution in [2.45, 2.75) is 33.1 Å². The Morgan fingerprint density at radius 3 is 2.08 bits per heavy atom. The van der Waals surface area contributed by atoms with Gasteiger partial charge in [-0.05, 0) is 87.4 Å². The van der Waals surface area contributed by atoms with Crippen molar-refractivity contribution >= 4 is 0 Å². The van der Waals surface area contributed by atoms with Gasteiger partial charge in [0.2, 0.25) is 11.9 Å². The summed E-state index contributed by atoms with van der Waals surface area (Å²) in [5, 5.41) is 0. The summed E-state index contributed by atoms with van der Waals surface area (Å²) < 4.78 is 29.7. The van der Waals surface area contributed by atoms with Gasteiger partial charge in [-0.1, -0.05) is 30.3 Å². The summed E-state index contributed by atoms with van der Waals surface area (Å²) in [7, 11) is 0. The van der Waals surface area contributed by atoms with E-state index in [2.05, 4.69) is 47.7 Å². The Labute approximate surface area is 209 Å². The summed E-state index contributed by atoms with van der Waals surface area (Å²) in [5.74, 6) is -0.948. The van der Waals surface area contributed by atoms with Gasteiger partial charge in [0.25, 0.3) is 0 Å². The van der Waals surface area contributed by atoms with Crippen LogP contribution in [0.5, 0.6) is 0 Å². The molecule has 180 valence electrons. The molecular weight excluding hydrogens is 454 g/mol. The molecule has 36 heavy (non-hydrogen) atoms. The first-order valence-electron chi connectivity index (χ1n) is 11.8. The van der Waals surface area contributed by atoms with E-state index in [1.165, 1.54) is 22.8 Å². The van der Waals surface area contributed by atoms with Gasteiger partial charge in [0.15, 0.2) is 0 Å². The number of aryl methyl sites for hydroxylation is 2. The van der Waals surface area contributed by atoms with Gasteiger partial charge in [0.1, 0.15) is 5.82 Å². The summed E-state index contributed by atoms with van der Waals surface area (Å²) >= 11 is 0. The van der Waals surface area contributed by atoms with Crippen molar-refractivity contribution in [3.63, 3.8) is 0 Å². The lowest BCUT2D eigenvalue weighted by Gasteiger charge is -2.25. The molecular formula is C30H26F2N4. The van der Waals surface area contributed by atoms with Gasteiger partial charge in [-0.3, -0.25) is 4.98 Å². The molecule has 0 aliphatic rings. The Balaban J connectivity index is 1.56. The summed E-state index contributed by atoms with van der Waals surface area (Å²) in [4.78, 5) is 13.0. The van der Waals surface area contributed by atoms with Gasteiger partial charge in [0.05, 0.1) is 28.3 Å². The van der Waals surface area contributed by atoms with E-state index in [4.69, 9.17) is 9.97 Å². The molecule has 0 N–H and O–H groups in total. The first kappa shape index (κ1) is 23.5. The molecule has 1 aromatic carbocycles. The summed E-state index contributed by atoms with van der Waals surface area (Å²) in [5.41, 5.74) is 6.18. The highest BCUT2D eigenvalue weighted by Gasteiger charge is 2.28. The molecule has 0 radical (unpaired) electrons. The lowest BCUT2D eigenvalue weighted by atomic mass is 9.84. The Kier molecular flexibility index (Phi) is 5.96. The van der Waals surface area contributed by atoms with Crippen LogP contribution in [0.15, 0.2) is 85.1 Å². The van der Waals surface area contributed by atoms with E-state index in [0.717, 1.165) is 29.0 Å². The van der Waals surface area contributed by atoms with E-state index in [1.54, 1.807) is 6.07 Å². The monoisotopic (exact) mass is 480 g/mol. The SMILES string of the molecule is Cc1cccc(C)c1-c1cccn1-c1cccc(C(C)(C)c2cccc(-c3ccc(F)nc3F)n2)n1. The van der Waals surface area contributed by atoms with Crippen LogP contribution in [-0.4, -0.2) is 19.5 Å². The van der Waals surface area contributed by atoms with Gasteiger partial charge in [-0.25, -0.2) is 4.98 Å². The minimum Gasteiger partial charge on any atom is -0.301 e. The minimum atomic E-state index is -0.885. The third-order valence-electron chi connectivity index (χ3n) is 6.59. The fourth-order valence-electron chi connectivity index (χ4n) is 4.58. The molecule has 0 saturated carbocycles. The van der Waals surface area contributed by atoms with Crippen molar-refractivity contribution in [1.82, 2.24) is 19.5 Å². The van der Waals surface area contributed by atoms with Crippen LogP contribution in [0.2, 0.25) is 0 Å². The predicted octanol–water partition coefficient (Wildman–Crippen LogP) is 7.22. The lowest BCUT2D eigenvalue weighted by Crippen LogP contribution is -2.23. The zero-order valence-corrected chi connectivity index (χ0v) is 20.6. The highest BCUT2D eigenvalue weighted by molar-refractivity contribution is 5.69. The molecule has 4 nitrogen and oxygen atoms in total. The number of hydrogen-bond acceptors (Lipinski definition) is 3. The molecule has 0 saturated heterocycles. The molecule has 5 rings (SSSR count). The first-order valence-corrected chi connectivity index (χ1v) is 11.8. The number of benzene rings is 1. The average molecular weight is 481 g/mol. The summed E-state index contributed by atoms with van der Waals surface area (Å²) in [6.45, 7) is 8.30. The van der Waals surface area contributed by atoms with E-state index in [9.17, 15) is 8.78 Å². The number of hydrogen-bond donors (Lipinski definition) is 0. The Morgan fingerprint density at radius 2 is 1.36 bits per heavy atom. The Hall–Kier alpha value is -4.19. The predicted molar refractivity (Wildman–Crippen MR) is 138 cm³/mol. The fourth-order valence-corrected chi connectivity index (χ4v) is 4.58. The minimum absolute atomic E-state index is 0.154. The van der Waals surface area contributed by atoms with Gasteiger partial charge in [-0.15, -0.1) is 0 Å². The van der Waals surface area contributed by atoms with E-state index in [-0.39, 0.29) is 5.56 Å². The molecule has 0 bridgehead atoms. The van der Waals surface area contributed by atoms with E-state index in [1.807, 2.05) is 56.4 Å². The number of aromatic nitrogens is 4. The van der Waals surface area contributed by atoms with Crippen LogP contribution in [0.3, 0.4) is 0 Å². The molecule has 0 atom stereocenters. The lowest BCUT2D eigenvalue weighted by molar-refractivity contribution is 0.514. The molecule has 4 heterocycles. The molecule has 0 aliphatic heterocycles. The number of nitrogens with zero attached hydrogens (tertiary/aromatic N) is 4. The molecule has 0 fully saturated rings. The van der Waals surface area contributed by atoms with Crippen LogP contribution in [0.4, 0.5) is 8.78 Å². The zero-order chi connectivity index (χ0) is 25.4. The standard InChI is InChI=1S/C30H26F2N4/c1-19-9-5-10-20(2)28(19)23-12-8-18-36(23)27-15-7-14-25(34-27)30(3,4)24-13-6-11-22(33-24)21-16-17-26(31)35-29(21)32/h5-18H,1-4H3. The van der Waals surface area contributed by atoms with Crippen LogP contribution in [0, 0.1) is 25.7 Å². The van der Waals surface area contributed by atoms with Crippen molar-refractivity contribution in [3.8, 4) is 28.3 Å². The summed E-state index contributed by atoms with van der Waals surface area (Å²) in [6, 6.07) is 24.3. The van der Waals surface area contributed by atoms with Crippen molar-refractivity contribution in [2.24, 2.45) is 0 Å². The maximum absolute atomic E-state index is 14.3. The van der Waals surface area contributed by atoms with Gasteiger partial charge in [-0.2, -0.15) is 13.8 Å². The molecule has 0 unspecified atom stereocenters. The van der Waals surface area contributed by atoms with Crippen LogP contribution >= 0.6 is 0 Å². The summed E-state index contributed by atoms with van der Waals surface area (Å²) in [6.07, 6.45) is 2.02. The molecule has 0 aliphatic carbocycles. The van der Waals surface area contributed by atoms with Crippen LogP contribution in [-0.2, 0) is 5.41 Å². The zero-order valence-electron chi connectivity index (χ0n) is 20.6. The van der Waals surface area contributed by atoms with E-state index >= 15 is 0 Å². The molecule has 0 spiro atoms. The first-order chi connectivity index (χ1) is 17.3. The van der Waals surface area contributed by atoms with Crippen LogP contribution < -0.4 is 0 Å². The second-order valence-electron chi connectivity index (χ2n) is 9.42. The molecule has 4 aromatic heterocycles. The highest BCUT2D eigenvalue weighted by Crippen LogP contribution is 2.33. The van der Waals surface area contributed by atoms with Crippen LogP contribution in [0.25, 0.3) is 28.3 Å². The highest BCUT2D eigenvalue weighted by atomic mass is 19.1.